The van der Waals surface area contributed by atoms with Crippen LogP contribution in [0.5, 0.6) is 0 Å². The predicted molar refractivity (Wildman–Crippen MR) is 70.5 cm³/mol. The van der Waals surface area contributed by atoms with Crippen molar-refractivity contribution in [3.05, 3.63) is 29.3 Å². The van der Waals surface area contributed by atoms with Crippen molar-refractivity contribution in [1.29, 1.82) is 0 Å². The largest absolute Gasteiger partial charge is 0.335 e. The van der Waals surface area contributed by atoms with E-state index in [-0.39, 0.29) is 6.03 Å². The van der Waals surface area contributed by atoms with Crippen LogP contribution in [0.3, 0.4) is 0 Å². The van der Waals surface area contributed by atoms with E-state index < -0.39 is 0 Å². The summed E-state index contributed by atoms with van der Waals surface area (Å²) in [6.07, 6.45) is 3.47. The van der Waals surface area contributed by atoms with Gasteiger partial charge in [0.15, 0.2) is 0 Å². The lowest BCUT2D eigenvalue weighted by atomic mass is 9.93. The van der Waals surface area contributed by atoms with Gasteiger partial charge in [-0.1, -0.05) is 17.7 Å². The number of carbonyl (C=O) groups is 1. The smallest absolute Gasteiger partial charge is 0.321 e. The number of benzene rings is 1. The Labute approximate surface area is 103 Å². The lowest BCUT2D eigenvalue weighted by molar-refractivity contribution is 0.235. The Hall–Kier alpha value is -1.51. The van der Waals surface area contributed by atoms with Gasteiger partial charge in [0.25, 0.3) is 0 Å². The van der Waals surface area contributed by atoms with Gasteiger partial charge in [0.05, 0.1) is 0 Å². The van der Waals surface area contributed by atoms with Gasteiger partial charge in [-0.3, -0.25) is 4.90 Å². The summed E-state index contributed by atoms with van der Waals surface area (Å²) < 4.78 is 0. The highest BCUT2D eigenvalue weighted by atomic mass is 16.2. The number of urea groups is 1. The molecule has 0 radical (unpaired) electrons. The van der Waals surface area contributed by atoms with Gasteiger partial charge >= 0.3 is 6.03 Å². The molecule has 2 amide bonds. The third kappa shape index (κ3) is 2.60. The summed E-state index contributed by atoms with van der Waals surface area (Å²) in [5, 5.41) is 3.04. The van der Waals surface area contributed by atoms with Crippen LogP contribution in [0.25, 0.3) is 0 Å². The Morgan fingerprint density at radius 1 is 1.35 bits per heavy atom. The number of hydrogen-bond acceptors (Lipinski definition) is 1. The summed E-state index contributed by atoms with van der Waals surface area (Å²) in [7, 11) is 1.83. The fraction of sp³-hybridized carbons (Fsp3) is 0.500. The number of amides is 2. The molecule has 17 heavy (non-hydrogen) atoms. The molecule has 1 fully saturated rings. The molecule has 3 heteroatoms. The zero-order valence-corrected chi connectivity index (χ0v) is 10.8. The zero-order chi connectivity index (χ0) is 12.4. The topological polar surface area (TPSA) is 32.3 Å². The normalized spacial score (nSPS) is 15.2. The molecule has 1 saturated carbocycles. The molecule has 2 rings (SSSR count). The van der Waals surface area contributed by atoms with Gasteiger partial charge in [-0.05, 0) is 44.7 Å². The van der Waals surface area contributed by atoms with E-state index in [1.54, 1.807) is 4.90 Å². The van der Waals surface area contributed by atoms with Gasteiger partial charge in [-0.25, -0.2) is 4.79 Å². The van der Waals surface area contributed by atoms with Crippen molar-refractivity contribution in [1.82, 2.24) is 5.32 Å². The van der Waals surface area contributed by atoms with Crippen LogP contribution in [0.1, 0.15) is 30.4 Å². The summed E-state index contributed by atoms with van der Waals surface area (Å²) in [6, 6.07) is 6.53. The Morgan fingerprint density at radius 2 is 2.06 bits per heavy atom. The molecule has 92 valence electrons. The molecule has 1 aliphatic rings. The van der Waals surface area contributed by atoms with Gasteiger partial charge in [-0.15, -0.1) is 0 Å². The number of hydrogen-bond donors (Lipinski definition) is 1. The molecule has 1 N–H and O–H groups in total. The highest BCUT2D eigenvalue weighted by Crippen LogP contribution is 2.22. The first-order chi connectivity index (χ1) is 8.08. The molecule has 1 aliphatic carbocycles. The third-order valence-electron chi connectivity index (χ3n) is 3.45. The summed E-state index contributed by atoms with van der Waals surface area (Å²) in [5.41, 5.74) is 3.34. The Bertz CT molecular complexity index is 424. The van der Waals surface area contributed by atoms with E-state index in [2.05, 4.69) is 18.3 Å². The number of rotatable bonds is 2. The number of anilines is 1. The first-order valence-electron chi connectivity index (χ1n) is 6.19. The fourth-order valence-electron chi connectivity index (χ4n) is 2.12. The molecule has 1 aromatic carbocycles. The monoisotopic (exact) mass is 232 g/mol. The zero-order valence-electron chi connectivity index (χ0n) is 10.8. The first kappa shape index (κ1) is 12.0. The highest BCUT2D eigenvalue weighted by Gasteiger charge is 2.22. The SMILES string of the molecule is Cc1ccc(N(C)C(=O)NC2CCC2)c(C)c1. The maximum atomic E-state index is 12.0. The van der Waals surface area contributed by atoms with Crippen molar-refractivity contribution in [2.75, 3.05) is 11.9 Å². The molecular weight excluding hydrogens is 212 g/mol. The molecule has 0 aromatic heterocycles. The van der Waals surface area contributed by atoms with Crippen LogP contribution in [0.15, 0.2) is 18.2 Å². The number of nitrogens with zero attached hydrogens (tertiary/aromatic N) is 1. The average Bonchev–Trinajstić information content (AvgIpc) is 2.22. The molecule has 0 bridgehead atoms. The fourth-order valence-corrected chi connectivity index (χ4v) is 2.12. The second-order valence-corrected chi connectivity index (χ2v) is 4.93. The Morgan fingerprint density at radius 3 is 2.59 bits per heavy atom. The number of carbonyl (C=O) groups excluding carboxylic acids is 1. The van der Waals surface area contributed by atoms with E-state index in [4.69, 9.17) is 0 Å². The summed E-state index contributed by atoms with van der Waals surface area (Å²) in [4.78, 5) is 13.7. The van der Waals surface area contributed by atoms with Crippen molar-refractivity contribution in [3.63, 3.8) is 0 Å². The summed E-state index contributed by atoms with van der Waals surface area (Å²) in [5.74, 6) is 0. The quantitative estimate of drug-likeness (QED) is 0.835. The van der Waals surface area contributed by atoms with E-state index in [9.17, 15) is 4.79 Å². The molecule has 3 nitrogen and oxygen atoms in total. The highest BCUT2D eigenvalue weighted by molar-refractivity contribution is 5.92. The molecule has 0 unspecified atom stereocenters. The maximum absolute atomic E-state index is 12.0. The van der Waals surface area contributed by atoms with Crippen LogP contribution < -0.4 is 10.2 Å². The summed E-state index contributed by atoms with van der Waals surface area (Å²) in [6.45, 7) is 4.10. The van der Waals surface area contributed by atoms with E-state index in [1.165, 1.54) is 12.0 Å². The van der Waals surface area contributed by atoms with Crippen LogP contribution in [0.2, 0.25) is 0 Å². The summed E-state index contributed by atoms with van der Waals surface area (Å²) >= 11 is 0. The second kappa shape index (κ2) is 4.78. The first-order valence-corrected chi connectivity index (χ1v) is 6.19. The van der Waals surface area contributed by atoms with Crippen molar-refractivity contribution >= 4 is 11.7 Å². The van der Waals surface area contributed by atoms with E-state index in [0.717, 1.165) is 24.1 Å². The van der Waals surface area contributed by atoms with E-state index in [0.29, 0.717) is 6.04 Å². The van der Waals surface area contributed by atoms with Crippen molar-refractivity contribution in [3.8, 4) is 0 Å². The molecule has 0 atom stereocenters. The van der Waals surface area contributed by atoms with Crippen LogP contribution in [-0.2, 0) is 0 Å². The number of nitrogens with one attached hydrogen (secondary N) is 1. The standard InChI is InChI=1S/C14H20N2O/c1-10-7-8-13(11(2)9-10)16(3)14(17)15-12-5-4-6-12/h7-9,12H,4-6H2,1-3H3,(H,15,17). The Kier molecular flexibility index (Phi) is 3.36. The van der Waals surface area contributed by atoms with E-state index >= 15 is 0 Å². The molecule has 0 heterocycles. The van der Waals surface area contributed by atoms with Crippen molar-refractivity contribution in [2.45, 2.75) is 39.2 Å². The van der Waals surface area contributed by atoms with Crippen LogP contribution >= 0.6 is 0 Å². The minimum Gasteiger partial charge on any atom is -0.335 e. The van der Waals surface area contributed by atoms with Crippen molar-refractivity contribution in [2.24, 2.45) is 0 Å². The molecular formula is C14H20N2O. The molecule has 0 spiro atoms. The van der Waals surface area contributed by atoms with Crippen LogP contribution in [0.4, 0.5) is 10.5 Å². The molecule has 1 aromatic rings. The van der Waals surface area contributed by atoms with Crippen LogP contribution in [0, 0.1) is 13.8 Å². The lowest BCUT2D eigenvalue weighted by Gasteiger charge is -2.29. The average molecular weight is 232 g/mol. The predicted octanol–water partition coefficient (Wildman–Crippen LogP) is 3.00. The van der Waals surface area contributed by atoms with Crippen molar-refractivity contribution < 1.29 is 4.79 Å². The van der Waals surface area contributed by atoms with Gasteiger partial charge in [0, 0.05) is 18.8 Å². The minimum atomic E-state index is 0.00153. The lowest BCUT2D eigenvalue weighted by Crippen LogP contribution is -2.46. The molecule has 0 saturated heterocycles. The van der Waals surface area contributed by atoms with Gasteiger partial charge < -0.3 is 5.32 Å². The Balaban J connectivity index is 2.06. The third-order valence-corrected chi connectivity index (χ3v) is 3.45. The van der Waals surface area contributed by atoms with E-state index in [1.807, 2.05) is 26.1 Å². The van der Waals surface area contributed by atoms with Gasteiger partial charge in [-0.2, -0.15) is 0 Å². The van der Waals surface area contributed by atoms with Gasteiger partial charge in [0.2, 0.25) is 0 Å². The molecule has 0 aliphatic heterocycles. The number of aryl methyl sites for hydroxylation is 2. The minimum absolute atomic E-state index is 0.00153. The second-order valence-electron chi connectivity index (χ2n) is 4.93. The van der Waals surface area contributed by atoms with Crippen LogP contribution in [-0.4, -0.2) is 19.1 Å². The maximum Gasteiger partial charge on any atom is 0.321 e. The van der Waals surface area contributed by atoms with Gasteiger partial charge in [0.1, 0.15) is 0 Å².